The topological polar surface area (TPSA) is 108 Å². The van der Waals surface area contributed by atoms with Gasteiger partial charge >= 0.3 is 5.69 Å². The van der Waals surface area contributed by atoms with Crippen LogP contribution in [-0.2, 0) is 20.7 Å². The van der Waals surface area contributed by atoms with Crippen LogP contribution in [0.2, 0.25) is 0 Å². The molecule has 3 heterocycles. The minimum atomic E-state index is -0.367. The van der Waals surface area contributed by atoms with E-state index >= 15 is 0 Å². The highest BCUT2D eigenvalue weighted by Crippen LogP contribution is 2.24. The third-order valence-corrected chi connectivity index (χ3v) is 5.28. The molecule has 0 radical (unpaired) electrons. The number of ether oxygens (including phenoxy) is 1. The number of hydrogen-bond acceptors (Lipinski definition) is 6. The Morgan fingerprint density at radius 3 is 2.47 bits per heavy atom. The van der Waals surface area contributed by atoms with Gasteiger partial charge in [0, 0.05) is 25.4 Å². The van der Waals surface area contributed by atoms with Crippen molar-refractivity contribution in [2.75, 3.05) is 0 Å². The van der Waals surface area contributed by atoms with Crippen molar-refractivity contribution in [2.24, 2.45) is 14.1 Å². The minimum Gasteiger partial charge on any atom is -0.484 e. The summed E-state index contributed by atoms with van der Waals surface area (Å²) in [5, 5.41) is 3.98. The first-order valence-corrected chi connectivity index (χ1v) is 9.91. The fraction of sp³-hybridized carbons (Fsp3) is 0.130. The number of H-pyrrole nitrogens is 1. The summed E-state index contributed by atoms with van der Waals surface area (Å²) in [7, 11) is 3.10. The molecule has 5 aromatic rings. The minimum absolute atomic E-state index is 0.143. The summed E-state index contributed by atoms with van der Waals surface area (Å²) >= 11 is 0. The van der Waals surface area contributed by atoms with Crippen LogP contribution in [0.3, 0.4) is 0 Å². The lowest BCUT2D eigenvalue weighted by atomic mass is 10.1. The Morgan fingerprint density at radius 2 is 1.72 bits per heavy atom. The molecule has 9 heteroatoms. The Morgan fingerprint density at radius 1 is 0.969 bits per heavy atom. The zero-order chi connectivity index (χ0) is 22.2. The first-order valence-electron chi connectivity index (χ1n) is 9.91. The van der Waals surface area contributed by atoms with E-state index in [9.17, 15) is 9.59 Å². The quantitative estimate of drug-likeness (QED) is 0.460. The molecule has 1 N–H and O–H groups in total. The van der Waals surface area contributed by atoms with Crippen molar-refractivity contribution in [1.29, 1.82) is 0 Å². The van der Waals surface area contributed by atoms with Gasteiger partial charge in [-0.3, -0.25) is 13.9 Å². The molecule has 9 nitrogen and oxygen atoms in total. The van der Waals surface area contributed by atoms with E-state index in [0.717, 1.165) is 21.4 Å². The van der Waals surface area contributed by atoms with Crippen LogP contribution in [0.4, 0.5) is 0 Å². The van der Waals surface area contributed by atoms with Gasteiger partial charge < -0.3 is 14.2 Å². The molecule has 0 aliphatic heterocycles. The van der Waals surface area contributed by atoms with Gasteiger partial charge in [0.2, 0.25) is 5.82 Å². The molecule has 0 spiro atoms. The molecule has 3 aromatic heterocycles. The van der Waals surface area contributed by atoms with Crippen LogP contribution in [0.15, 0.2) is 74.8 Å². The Kier molecular flexibility index (Phi) is 4.70. The summed E-state index contributed by atoms with van der Waals surface area (Å²) < 4.78 is 13.5. The van der Waals surface area contributed by atoms with Gasteiger partial charge in [-0.15, -0.1) is 0 Å². The van der Waals surface area contributed by atoms with Crippen molar-refractivity contribution in [2.45, 2.75) is 6.61 Å². The smallest absolute Gasteiger partial charge is 0.331 e. The van der Waals surface area contributed by atoms with E-state index in [-0.39, 0.29) is 17.9 Å². The van der Waals surface area contributed by atoms with Gasteiger partial charge in [-0.25, -0.2) is 4.79 Å². The molecular weight excluding hydrogens is 410 g/mol. The molecule has 5 rings (SSSR count). The van der Waals surface area contributed by atoms with Gasteiger partial charge in [0.05, 0.1) is 5.52 Å². The largest absolute Gasteiger partial charge is 0.484 e. The van der Waals surface area contributed by atoms with E-state index in [1.807, 2.05) is 54.6 Å². The van der Waals surface area contributed by atoms with Crippen molar-refractivity contribution in [3.8, 4) is 28.4 Å². The van der Waals surface area contributed by atoms with E-state index in [2.05, 4.69) is 15.1 Å². The molecule has 0 saturated heterocycles. The molecule has 0 aliphatic rings. The SMILES string of the molecule is Cn1c(=O)c2[nH]c(-c3ccc(OCc4nc(-c5ccccc5)no4)cc3)cc2n(C)c1=O. The molecule has 32 heavy (non-hydrogen) atoms. The number of hydrogen-bond donors (Lipinski definition) is 1. The maximum absolute atomic E-state index is 12.4. The van der Waals surface area contributed by atoms with E-state index in [4.69, 9.17) is 9.26 Å². The second-order valence-corrected chi connectivity index (χ2v) is 7.34. The molecule has 0 saturated carbocycles. The number of rotatable bonds is 5. The van der Waals surface area contributed by atoms with Crippen LogP contribution in [0.1, 0.15) is 5.89 Å². The van der Waals surface area contributed by atoms with Crippen molar-refractivity contribution >= 4 is 11.0 Å². The fourth-order valence-corrected chi connectivity index (χ4v) is 3.50. The van der Waals surface area contributed by atoms with Crippen molar-refractivity contribution in [1.82, 2.24) is 24.3 Å². The lowest BCUT2D eigenvalue weighted by Crippen LogP contribution is -2.36. The molecule has 160 valence electrons. The predicted molar refractivity (Wildman–Crippen MR) is 118 cm³/mol. The Labute approximate surface area is 181 Å². The first-order chi connectivity index (χ1) is 15.5. The third kappa shape index (κ3) is 3.39. The lowest BCUT2D eigenvalue weighted by molar-refractivity contribution is 0.243. The highest BCUT2D eigenvalue weighted by molar-refractivity contribution is 5.82. The van der Waals surface area contributed by atoms with Gasteiger partial charge in [-0.05, 0) is 35.9 Å². The first kappa shape index (κ1) is 19.6. The van der Waals surface area contributed by atoms with Gasteiger partial charge in [0.15, 0.2) is 6.61 Å². The highest BCUT2D eigenvalue weighted by atomic mass is 16.5. The standard InChI is InChI=1S/C23H19N5O4/c1-27-18-12-17(24-20(18)22(29)28(2)23(27)30)14-8-10-16(11-9-14)31-13-19-25-21(26-32-19)15-6-4-3-5-7-15/h3-12,24H,13H2,1-2H3. The summed E-state index contributed by atoms with van der Waals surface area (Å²) in [6.07, 6.45) is 0. The Bertz CT molecular complexity index is 1530. The summed E-state index contributed by atoms with van der Waals surface area (Å²) in [6.45, 7) is 0.143. The maximum Gasteiger partial charge on any atom is 0.331 e. The second kappa shape index (κ2) is 7.69. The molecular formula is C23H19N5O4. The number of benzene rings is 2. The van der Waals surface area contributed by atoms with Gasteiger partial charge in [-0.1, -0.05) is 35.5 Å². The molecule has 0 unspecified atom stereocenters. The lowest BCUT2D eigenvalue weighted by Gasteiger charge is -2.04. The number of aromatic nitrogens is 5. The average Bonchev–Trinajstić information content (AvgIpc) is 3.49. The molecule has 0 fully saturated rings. The predicted octanol–water partition coefficient (Wildman–Crippen LogP) is 2.86. The summed E-state index contributed by atoms with van der Waals surface area (Å²) in [4.78, 5) is 32.0. The highest BCUT2D eigenvalue weighted by Gasteiger charge is 2.13. The summed E-state index contributed by atoms with van der Waals surface area (Å²) in [5.74, 6) is 1.52. The van der Waals surface area contributed by atoms with Crippen molar-refractivity contribution in [3.63, 3.8) is 0 Å². The van der Waals surface area contributed by atoms with Gasteiger partial charge in [0.25, 0.3) is 11.4 Å². The molecule has 0 atom stereocenters. The van der Waals surface area contributed by atoms with E-state index in [1.54, 1.807) is 13.1 Å². The van der Waals surface area contributed by atoms with E-state index in [0.29, 0.717) is 28.5 Å². The van der Waals surface area contributed by atoms with Gasteiger partial charge in [0.1, 0.15) is 11.3 Å². The number of nitrogens with zero attached hydrogens (tertiary/aromatic N) is 4. The monoisotopic (exact) mass is 429 g/mol. The van der Waals surface area contributed by atoms with Crippen LogP contribution in [0.25, 0.3) is 33.7 Å². The fourth-order valence-electron chi connectivity index (χ4n) is 3.50. The van der Waals surface area contributed by atoms with E-state index in [1.165, 1.54) is 11.6 Å². The van der Waals surface area contributed by atoms with Crippen molar-refractivity contribution in [3.05, 3.63) is 87.4 Å². The van der Waals surface area contributed by atoms with Crippen LogP contribution in [0, 0.1) is 0 Å². The number of aryl methyl sites for hydroxylation is 1. The van der Waals surface area contributed by atoms with Crippen LogP contribution < -0.4 is 16.0 Å². The number of aromatic amines is 1. The Balaban J connectivity index is 1.33. The Hall–Kier alpha value is -4.40. The third-order valence-electron chi connectivity index (χ3n) is 5.28. The van der Waals surface area contributed by atoms with Crippen molar-refractivity contribution < 1.29 is 9.26 Å². The average molecular weight is 429 g/mol. The second-order valence-electron chi connectivity index (χ2n) is 7.34. The van der Waals surface area contributed by atoms with Crippen LogP contribution >= 0.6 is 0 Å². The normalized spacial score (nSPS) is 11.2. The van der Waals surface area contributed by atoms with Crippen LogP contribution in [-0.4, -0.2) is 24.3 Å². The summed E-state index contributed by atoms with van der Waals surface area (Å²) in [5.41, 5.74) is 2.67. The maximum atomic E-state index is 12.4. The number of nitrogens with one attached hydrogen (secondary N) is 1. The van der Waals surface area contributed by atoms with E-state index < -0.39 is 0 Å². The molecule has 0 aliphatic carbocycles. The van der Waals surface area contributed by atoms with Crippen LogP contribution in [0.5, 0.6) is 5.75 Å². The summed E-state index contributed by atoms with van der Waals surface area (Å²) in [6, 6.07) is 18.7. The zero-order valence-corrected chi connectivity index (χ0v) is 17.4. The molecule has 0 amide bonds. The van der Waals surface area contributed by atoms with Gasteiger partial charge in [-0.2, -0.15) is 4.98 Å². The zero-order valence-electron chi connectivity index (χ0n) is 17.4. The molecule has 2 aromatic carbocycles. The molecule has 0 bridgehead atoms. The number of fused-ring (bicyclic) bond motifs is 1.